The van der Waals surface area contributed by atoms with Crippen LogP contribution in [0.4, 0.5) is 0 Å². The van der Waals surface area contributed by atoms with E-state index < -0.39 is 12.0 Å². The van der Waals surface area contributed by atoms with E-state index in [9.17, 15) is 4.79 Å². The molecule has 4 unspecified atom stereocenters. The molecule has 2 rings (SSSR count). The van der Waals surface area contributed by atoms with E-state index in [2.05, 4.69) is 21.2 Å². The lowest BCUT2D eigenvalue weighted by molar-refractivity contribution is -0.152. The van der Waals surface area contributed by atoms with Crippen molar-refractivity contribution in [1.29, 1.82) is 0 Å². The van der Waals surface area contributed by atoms with Crippen molar-refractivity contribution in [3.8, 4) is 0 Å². The lowest BCUT2D eigenvalue weighted by Crippen LogP contribution is -2.56. The van der Waals surface area contributed by atoms with Gasteiger partial charge >= 0.3 is 5.97 Å². The summed E-state index contributed by atoms with van der Waals surface area (Å²) in [6, 6.07) is 7.20. The number of carbonyl (C=O) groups is 1. The quantitative estimate of drug-likeness (QED) is 0.880. The van der Waals surface area contributed by atoms with Crippen LogP contribution in [0.25, 0.3) is 0 Å². The van der Waals surface area contributed by atoms with Crippen LogP contribution in [0.2, 0.25) is 0 Å². The highest BCUT2D eigenvalue weighted by Crippen LogP contribution is 2.29. The maximum Gasteiger partial charge on any atom is 0.323 e. The lowest BCUT2D eigenvalue weighted by Gasteiger charge is -2.38. The first-order valence-corrected chi connectivity index (χ1v) is 6.68. The molecule has 0 spiro atoms. The second kappa shape index (κ2) is 5.38. The summed E-state index contributed by atoms with van der Waals surface area (Å²) in [5.41, 5.74) is 1.05. The molecule has 0 bridgehead atoms. The van der Waals surface area contributed by atoms with E-state index in [1.807, 2.05) is 31.2 Å². The average Bonchev–Trinajstić information content (AvgIpc) is 2.32. The first-order valence-electron chi connectivity index (χ1n) is 5.89. The molecule has 98 valence electrons. The summed E-state index contributed by atoms with van der Waals surface area (Å²) in [4.78, 5) is 11.0. The van der Waals surface area contributed by atoms with E-state index in [0.717, 1.165) is 10.0 Å². The van der Waals surface area contributed by atoms with Gasteiger partial charge in [-0.2, -0.15) is 0 Å². The number of aliphatic carboxylic acids is 1. The lowest BCUT2D eigenvalue weighted by atomic mass is 9.98. The Morgan fingerprint density at radius 2 is 1.94 bits per heavy atom. The Kier molecular flexibility index (Phi) is 4.04. The molecule has 4 atom stereocenters. The third kappa shape index (κ3) is 2.74. The zero-order chi connectivity index (χ0) is 13.3. The van der Waals surface area contributed by atoms with Gasteiger partial charge in [-0.05, 0) is 31.5 Å². The summed E-state index contributed by atoms with van der Waals surface area (Å²) in [5, 5.41) is 12.2. The highest BCUT2D eigenvalue weighted by molar-refractivity contribution is 9.10. The summed E-state index contributed by atoms with van der Waals surface area (Å²) in [5.74, 6) is -0.872. The van der Waals surface area contributed by atoms with Crippen LogP contribution in [0.5, 0.6) is 0 Å². The third-order valence-corrected chi connectivity index (χ3v) is 3.72. The smallest absolute Gasteiger partial charge is 0.323 e. The van der Waals surface area contributed by atoms with E-state index in [1.54, 1.807) is 6.92 Å². The topological polar surface area (TPSA) is 58.6 Å². The van der Waals surface area contributed by atoms with Gasteiger partial charge in [0.1, 0.15) is 6.04 Å². The van der Waals surface area contributed by atoms with Crippen molar-refractivity contribution in [2.24, 2.45) is 0 Å². The van der Waals surface area contributed by atoms with E-state index in [-0.39, 0.29) is 18.2 Å². The van der Waals surface area contributed by atoms with E-state index in [4.69, 9.17) is 9.84 Å². The molecular formula is C13H16BrNO3. The molecule has 2 N–H and O–H groups in total. The van der Waals surface area contributed by atoms with Gasteiger partial charge in [-0.15, -0.1) is 0 Å². The molecule has 1 aromatic rings. The van der Waals surface area contributed by atoms with Gasteiger partial charge in [0.2, 0.25) is 0 Å². The van der Waals surface area contributed by atoms with Crippen molar-refractivity contribution in [1.82, 2.24) is 5.32 Å². The Morgan fingerprint density at radius 1 is 1.33 bits per heavy atom. The van der Waals surface area contributed by atoms with Gasteiger partial charge in [-0.25, -0.2) is 0 Å². The number of hydrogen-bond acceptors (Lipinski definition) is 3. The molecule has 0 amide bonds. The Labute approximate surface area is 114 Å². The molecule has 0 saturated carbocycles. The Bertz CT molecular complexity index is 434. The van der Waals surface area contributed by atoms with Gasteiger partial charge in [0, 0.05) is 10.5 Å². The first kappa shape index (κ1) is 13.5. The maximum atomic E-state index is 11.0. The molecule has 1 heterocycles. The number of morpholine rings is 1. The fourth-order valence-corrected chi connectivity index (χ4v) is 2.49. The Balaban J connectivity index is 2.16. The van der Waals surface area contributed by atoms with Gasteiger partial charge in [0.25, 0.3) is 0 Å². The van der Waals surface area contributed by atoms with Gasteiger partial charge < -0.3 is 9.84 Å². The zero-order valence-electron chi connectivity index (χ0n) is 10.3. The van der Waals surface area contributed by atoms with Crippen LogP contribution in [-0.2, 0) is 9.53 Å². The summed E-state index contributed by atoms with van der Waals surface area (Å²) < 4.78 is 6.85. The van der Waals surface area contributed by atoms with Crippen LogP contribution < -0.4 is 5.32 Å². The minimum Gasteiger partial charge on any atom is -0.480 e. The van der Waals surface area contributed by atoms with Crippen molar-refractivity contribution >= 4 is 21.9 Å². The van der Waals surface area contributed by atoms with Crippen molar-refractivity contribution in [2.45, 2.75) is 38.1 Å². The summed E-state index contributed by atoms with van der Waals surface area (Å²) >= 11 is 3.39. The number of rotatable bonds is 2. The van der Waals surface area contributed by atoms with Crippen LogP contribution >= 0.6 is 15.9 Å². The fraction of sp³-hybridized carbons (Fsp3) is 0.462. The number of hydrogen-bond donors (Lipinski definition) is 2. The largest absolute Gasteiger partial charge is 0.480 e. The fourth-order valence-electron chi connectivity index (χ4n) is 2.23. The van der Waals surface area contributed by atoms with Gasteiger partial charge in [-0.3, -0.25) is 10.1 Å². The normalized spacial score (nSPS) is 32.2. The molecule has 18 heavy (non-hydrogen) atoms. The number of carboxylic acids is 1. The minimum absolute atomic E-state index is 0.0384. The number of nitrogens with one attached hydrogen (secondary N) is 1. The molecule has 1 aliphatic heterocycles. The number of halogens is 1. The number of benzene rings is 1. The summed E-state index contributed by atoms with van der Waals surface area (Å²) in [6.07, 6.45) is -0.476. The molecule has 1 fully saturated rings. The predicted octanol–water partition coefficient (Wildman–Crippen LogP) is 2.34. The molecular weight excluding hydrogens is 298 g/mol. The zero-order valence-corrected chi connectivity index (χ0v) is 11.8. The standard InChI is InChI=1S/C13H16BrNO3/c1-7-12(9-3-5-10(14)6-4-9)18-8(2)11(15-7)13(16)17/h3-8,11-12,15H,1-2H3,(H,16,17). The highest BCUT2D eigenvalue weighted by Gasteiger charge is 2.37. The van der Waals surface area contributed by atoms with Crippen molar-refractivity contribution in [3.05, 3.63) is 34.3 Å². The van der Waals surface area contributed by atoms with E-state index >= 15 is 0 Å². The molecule has 1 saturated heterocycles. The summed E-state index contributed by atoms with van der Waals surface area (Å²) in [6.45, 7) is 3.72. The second-order valence-electron chi connectivity index (χ2n) is 4.58. The van der Waals surface area contributed by atoms with Crippen LogP contribution in [0.1, 0.15) is 25.5 Å². The van der Waals surface area contributed by atoms with Crippen molar-refractivity contribution in [2.75, 3.05) is 0 Å². The average molecular weight is 314 g/mol. The van der Waals surface area contributed by atoms with Crippen LogP contribution in [0.3, 0.4) is 0 Å². The molecule has 0 aliphatic carbocycles. The Morgan fingerprint density at radius 3 is 2.50 bits per heavy atom. The van der Waals surface area contributed by atoms with Crippen molar-refractivity contribution in [3.63, 3.8) is 0 Å². The van der Waals surface area contributed by atoms with E-state index in [1.165, 1.54) is 0 Å². The molecule has 1 aliphatic rings. The second-order valence-corrected chi connectivity index (χ2v) is 5.50. The maximum absolute atomic E-state index is 11.0. The van der Waals surface area contributed by atoms with Gasteiger partial charge in [0.05, 0.1) is 12.2 Å². The first-order chi connectivity index (χ1) is 8.49. The Hall–Kier alpha value is -0.910. The SMILES string of the molecule is CC1NC(C(=O)O)C(C)OC1c1ccc(Br)cc1. The van der Waals surface area contributed by atoms with Crippen LogP contribution in [0.15, 0.2) is 28.7 Å². The molecule has 1 aromatic carbocycles. The monoisotopic (exact) mass is 313 g/mol. The van der Waals surface area contributed by atoms with Crippen molar-refractivity contribution < 1.29 is 14.6 Å². The molecule has 0 radical (unpaired) electrons. The van der Waals surface area contributed by atoms with Crippen LogP contribution in [-0.4, -0.2) is 29.3 Å². The van der Waals surface area contributed by atoms with Crippen LogP contribution in [0, 0.1) is 0 Å². The molecule has 5 heteroatoms. The highest BCUT2D eigenvalue weighted by atomic mass is 79.9. The summed E-state index contributed by atoms with van der Waals surface area (Å²) in [7, 11) is 0. The number of carboxylic acid groups (broad SMARTS) is 1. The molecule has 0 aromatic heterocycles. The molecule has 4 nitrogen and oxygen atoms in total. The predicted molar refractivity (Wildman–Crippen MR) is 71.5 cm³/mol. The third-order valence-electron chi connectivity index (χ3n) is 3.19. The number of ether oxygens (including phenoxy) is 1. The minimum atomic E-state index is -0.872. The van der Waals surface area contributed by atoms with Gasteiger partial charge in [-0.1, -0.05) is 28.1 Å². The van der Waals surface area contributed by atoms with Gasteiger partial charge in [0.15, 0.2) is 0 Å². The van der Waals surface area contributed by atoms with E-state index in [0.29, 0.717) is 0 Å².